The Hall–Kier alpha value is -3.89. The number of aromatic nitrogens is 3. The first-order valence-corrected chi connectivity index (χ1v) is 12.6. The molecule has 13 nitrogen and oxygen atoms in total. The summed E-state index contributed by atoms with van der Waals surface area (Å²) in [6.07, 6.45) is 6.75. The number of phenols is 1. The Morgan fingerprint density at radius 1 is 0.786 bits per heavy atom. The minimum atomic E-state index is -0.907. The maximum atomic E-state index is 13.9. The molecular formula is C26H50ClF2N11O2. The number of aromatic hydroxyl groups is 1. The van der Waals surface area contributed by atoms with Crippen molar-refractivity contribution in [2.24, 2.45) is 0 Å². The highest BCUT2D eigenvalue weighted by molar-refractivity contribution is 6.06. The molecule has 0 aliphatic carbocycles. The lowest BCUT2D eigenvalue weighted by Gasteiger charge is -2.30. The van der Waals surface area contributed by atoms with E-state index in [2.05, 4.69) is 30.4 Å². The van der Waals surface area contributed by atoms with E-state index in [1.165, 1.54) is 25.0 Å². The van der Waals surface area contributed by atoms with Gasteiger partial charge in [-0.2, -0.15) is 15.0 Å². The normalized spacial score (nSPS) is 14.0. The number of amides is 1. The van der Waals surface area contributed by atoms with Crippen LogP contribution in [0.5, 0.6) is 5.75 Å². The van der Waals surface area contributed by atoms with E-state index in [4.69, 9.17) is 4.98 Å². The van der Waals surface area contributed by atoms with E-state index < -0.39 is 17.5 Å². The predicted molar refractivity (Wildman–Crippen MR) is 173 cm³/mol. The standard InChI is InChI=1S/C26H29F2N7O2.ClH.4H3N.4H2/c27-17-7-10-21(20(28)15-17)30-23(37)19-9-8-18(16-22(19)36)29-24-31-25(34-11-3-1-4-12-34)33-26(32-24)35-13-5-2-6-14-35;;;;;;;;;/h7-10,15-16,36H,1-6,11-14H2,(H,30,37)(H,29,31,32,33);1H;4*1H3;4*1H. The molecule has 3 heterocycles. The van der Waals surface area contributed by atoms with Gasteiger partial charge in [-0.1, -0.05) is 0 Å². The third-order valence-corrected chi connectivity index (χ3v) is 6.57. The number of halogens is 3. The Morgan fingerprint density at radius 3 is 1.83 bits per heavy atom. The van der Waals surface area contributed by atoms with Gasteiger partial charge in [0.2, 0.25) is 17.8 Å². The van der Waals surface area contributed by atoms with Crippen LogP contribution in [0.4, 0.5) is 38.0 Å². The number of carbonyl (C=O) groups is 1. The Labute approximate surface area is 256 Å². The zero-order valence-electron chi connectivity index (χ0n) is 23.6. The molecule has 2 aromatic carbocycles. The van der Waals surface area contributed by atoms with Gasteiger partial charge in [0.15, 0.2) is 0 Å². The molecule has 1 amide bonds. The first kappa shape index (κ1) is 38.1. The van der Waals surface area contributed by atoms with Gasteiger partial charge in [-0.15, -0.1) is 12.4 Å². The summed E-state index contributed by atoms with van der Waals surface area (Å²) in [6, 6.07) is 7.22. The molecule has 0 unspecified atom stereocenters. The van der Waals surface area contributed by atoms with Gasteiger partial charge in [0.05, 0.1) is 11.3 Å². The number of nitrogens with one attached hydrogen (secondary N) is 2. The van der Waals surface area contributed by atoms with Crippen molar-refractivity contribution >= 4 is 47.5 Å². The second-order valence-corrected chi connectivity index (χ2v) is 9.29. The fraction of sp³-hybridized carbons (Fsp3) is 0.385. The summed E-state index contributed by atoms with van der Waals surface area (Å²) < 4.78 is 27.1. The summed E-state index contributed by atoms with van der Waals surface area (Å²) in [5.74, 6) is -1.10. The third kappa shape index (κ3) is 9.06. The average molecular weight is 622 g/mol. The molecule has 2 saturated heterocycles. The van der Waals surface area contributed by atoms with Crippen LogP contribution in [0, 0.1) is 11.6 Å². The Bertz CT molecular complexity index is 1280. The van der Waals surface area contributed by atoms with Crippen molar-refractivity contribution in [3.05, 3.63) is 53.6 Å². The maximum Gasteiger partial charge on any atom is 0.259 e. The smallest absolute Gasteiger partial charge is 0.259 e. The summed E-state index contributed by atoms with van der Waals surface area (Å²) in [5.41, 5.74) is 0.226. The molecule has 0 saturated carbocycles. The zero-order chi connectivity index (χ0) is 25.8. The van der Waals surface area contributed by atoms with E-state index in [9.17, 15) is 18.7 Å². The van der Waals surface area contributed by atoms with Gasteiger partial charge >= 0.3 is 0 Å². The fourth-order valence-electron chi connectivity index (χ4n) is 4.59. The second kappa shape index (κ2) is 17.2. The monoisotopic (exact) mass is 621 g/mol. The van der Waals surface area contributed by atoms with Crippen LogP contribution in [-0.4, -0.2) is 52.1 Å². The van der Waals surface area contributed by atoms with Crippen LogP contribution in [0.1, 0.15) is 54.6 Å². The molecule has 242 valence electrons. The van der Waals surface area contributed by atoms with Gasteiger partial charge in [-0.3, -0.25) is 4.79 Å². The number of benzene rings is 2. The van der Waals surface area contributed by atoms with Crippen LogP contribution in [0.3, 0.4) is 0 Å². The predicted octanol–water partition coefficient (Wildman–Crippen LogP) is 6.89. The quantitative estimate of drug-likeness (QED) is 0.149. The summed E-state index contributed by atoms with van der Waals surface area (Å²) in [4.78, 5) is 31.0. The number of hydrogen-bond acceptors (Lipinski definition) is 12. The van der Waals surface area contributed by atoms with Gasteiger partial charge in [0.1, 0.15) is 17.4 Å². The Kier molecular flexibility index (Phi) is 15.6. The average Bonchev–Trinajstić information content (AvgIpc) is 2.91. The minimum Gasteiger partial charge on any atom is -0.507 e. The van der Waals surface area contributed by atoms with Crippen LogP contribution < -0.4 is 45.0 Å². The molecule has 3 aromatic rings. The maximum absolute atomic E-state index is 13.9. The lowest BCUT2D eigenvalue weighted by Crippen LogP contribution is -2.34. The van der Waals surface area contributed by atoms with Crippen molar-refractivity contribution in [1.82, 2.24) is 39.6 Å². The van der Waals surface area contributed by atoms with Crippen molar-refractivity contribution in [2.75, 3.05) is 46.6 Å². The number of piperidine rings is 2. The highest BCUT2D eigenvalue weighted by Crippen LogP contribution is 2.28. The minimum absolute atomic E-state index is 0. The van der Waals surface area contributed by atoms with E-state index in [0.29, 0.717) is 29.6 Å². The topological polar surface area (TPSA) is 247 Å². The van der Waals surface area contributed by atoms with Crippen molar-refractivity contribution in [3.63, 3.8) is 0 Å². The molecule has 2 aliphatic rings. The lowest BCUT2D eigenvalue weighted by molar-refractivity contribution is 0.102. The SMILES string of the molecule is Cl.N.N.N.N.O=C(Nc1ccc(F)cc1F)c1ccc(Nc2nc(N3CCCCC3)nc(N3CCCCC3)n2)cc1O.[HH].[HH].[HH].[HH]. The number of nitrogens with zero attached hydrogens (tertiary/aromatic N) is 5. The van der Waals surface area contributed by atoms with Gasteiger partial charge in [-0.05, 0) is 62.8 Å². The molecule has 1 aromatic heterocycles. The van der Waals surface area contributed by atoms with E-state index in [-0.39, 0.29) is 59.7 Å². The highest BCUT2D eigenvalue weighted by atomic mass is 35.5. The molecule has 0 spiro atoms. The van der Waals surface area contributed by atoms with E-state index in [0.717, 1.165) is 64.0 Å². The van der Waals surface area contributed by atoms with Crippen LogP contribution in [0.25, 0.3) is 0 Å². The van der Waals surface area contributed by atoms with Crippen LogP contribution in [-0.2, 0) is 0 Å². The molecule has 0 bridgehead atoms. The molecule has 15 N–H and O–H groups in total. The third-order valence-electron chi connectivity index (χ3n) is 6.57. The Balaban J connectivity index is -0.000000623. The summed E-state index contributed by atoms with van der Waals surface area (Å²) >= 11 is 0. The van der Waals surface area contributed by atoms with Gasteiger partial charge in [0, 0.05) is 49.7 Å². The molecule has 16 heteroatoms. The number of phenolic OH excluding ortho intramolecular Hbond substituents is 1. The molecule has 0 radical (unpaired) electrons. The first-order valence-electron chi connectivity index (χ1n) is 12.6. The summed E-state index contributed by atoms with van der Waals surface area (Å²) in [6.45, 7) is 3.56. The summed E-state index contributed by atoms with van der Waals surface area (Å²) in [7, 11) is 0. The molecule has 42 heavy (non-hydrogen) atoms. The number of hydrogen-bond donors (Lipinski definition) is 7. The zero-order valence-corrected chi connectivity index (χ0v) is 24.4. The number of anilines is 5. The fourth-order valence-corrected chi connectivity index (χ4v) is 4.59. The van der Waals surface area contributed by atoms with Gasteiger partial charge in [0.25, 0.3) is 5.91 Å². The van der Waals surface area contributed by atoms with Crippen LogP contribution >= 0.6 is 12.4 Å². The molecular weight excluding hydrogens is 572 g/mol. The Morgan fingerprint density at radius 2 is 1.33 bits per heavy atom. The van der Waals surface area contributed by atoms with Crippen LogP contribution in [0.15, 0.2) is 36.4 Å². The van der Waals surface area contributed by atoms with E-state index in [1.54, 1.807) is 6.07 Å². The second-order valence-electron chi connectivity index (χ2n) is 9.29. The van der Waals surface area contributed by atoms with Crippen molar-refractivity contribution < 1.29 is 24.4 Å². The summed E-state index contributed by atoms with van der Waals surface area (Å²) in [5, 5.41) is 16.0. The van der Waals surface area contributed by atoms with Crippen molar-refractivity contribution in [1.29, 1.82) is 0 Å². The van der Waals surface area contributed by atoms with Gasteiger partial charge in [-0.25, -0.2) is 8.78 Å². The van der Waals surface area contributed by atoms with E-state index >= 15 is 0 Å². The molecule has 5 rings (SSSR count). The first-order chi connectivity index (χ1) is 18.0. The number of carbonyl (C=O) groups excluding carboxylic acids is 1. The highest BCUT2D eigenvalue weighted by Gasteiger charge is 2.21. The largest absolute Gasteiger partial charge is 0.507 e. The number of rotatable bonds is 6. The van der Waals surface area contributed by atoms with Crippen molar-refractivity contribution in [3.8, 4) is 5.75 Å². The molecule has 2 fully saturated rings. The molecule has 2 aliphatic heterocycles. The van der Waals surface area contributed by atoms with Crippen molar-refractivity contribution in [2.45, 2.75) is 38.5 Å². The van der Waals surface area contributed by atoms with Crippen LogP contribution in [0.2, 0.25) is 0 Å². The molecule has 0 atom stereocenters. The van der Waals surface area contributed by atoms with E-state index in [1.807, 2.05) is 0 Å². The lowest BCUT2D eigenvalue weighted by atomic mass is 10.1. The van der Waals surface area contributed by atoms with Gasteiger partial charge < -0.3 is 50.1 Å².